The molecule has 0 aromatic carbocycles. The first-order chi connectivity index (χ1) is 14.8. The zero-order valence-electron chi connectivity index (χ0n) is 20.4. The van der Waals surface area contributed by atoms with Gasteiger partial charge in [-0.3, -0.25) is 4.99 Å². The number of aliphatic imine (C=N–C) groups is 1. The lowest BCUT2D eigenvalue weighted by Gasteiger charge is -2.34. The number of carbonyl (C=O) groups excluding carboxylic acids is 1. The number of hydrogen-bond acceptors (Lipinski definition) is 5. The topological polar surface area (TPSA) is 95.4 Å². The highest BCUT2D eigenvalue weighted by atomic mass is 16.6. The van der Waals surface area contributed by atoms with E-state index in [2.05, 4.69) is 29.4 Å². The Balaban J connectivity index is 2.32. The molecule has 0 aromatic rings. The highest BCUT2D eigenvalue weighted by molar-refractivity contribution is 5.80. The van der Waals surface area contributed by atoms with E-state index in [0.717, 1.165) is 70.7 Å². The van der Waals surface area contributed by atoms with Crippen molar-refractivity contribution < 1.29 is 19.4 Å². The lowest BCUT2D eigenvalue weighted by molar-refractivity contribution is 0.0170. The fourth-order valence-corrected chi connectivity index (χ4v) is 3.62. The Morgan fingerprint density at radius 3 is 2.48 bits per heavy atom. The van der Waals surface area contributed by atoms with Crippen LogP contribution in [0.1, 0.15) is 73.1 Å². The minimum Gasteiger partial charge on any atom is -0.444 e. The van der Waals surface area contributed by atoms with Crippen molar-refractivity contribution >= 4 is 12.1 Å². The van der Waals surface area contributed by atoms with E-state index < -0.39 is 5.60 Å². The fourth-order valence-electron chi connectivity index (χ4n) is 3.62. The molecule has 182 valence electrons. The van der Waals surface area contributed by atoms with Gasteiger partial charge in [-0.2, -0.15) is 0 Å². The standard InChI is InChI=1S/C23H46N4O4/c1-6-9-19(12-16-28)18-26-21(24-7-2)27-14-10-20(11-15-27)30-17-8-13-25-22(29)31-23(3,4)5/h19-20,28H,6-18H2,1-5H3,(H,24,26)(H,25,29). The van der Waals surface area contributed by atoms with Crippen LogP contribution in [-0.2, 0) is 9.47 Å². The molecular formula is C23H46N4O4. The highest BCUT2D eigenvalue weighted by Gasteiger charge is 2.22. The van der Waals surface area contributed by atoms with Crippen LogP contribution in [0.25, 0.3) is 0 Å². The van der Waals surface area contributed by atoms with E-state index in [1.165, 1.54) is 0 Å². The number of aliphatic hydroxyl groups is 1. The number of hydrogen-bond donors (Lipinski definition) is 3. The average molecular weight is 443 g/mol. The van der Waals surface area contributed by atoms with Crippen LogP contribution in [0.15, 0.2) is 4.99 Å². The molecular weight excluding hydrogens is 396 g/mol. The van der Waals surface area contributed by atoms with Gasteiger partial charge in [-0.05, 0) is 65.7 Å². The van der Waals surface area contributed by atoms with E-state index in [1.807, 2.05) is 20.8 Å². The number of ether oxygens (including phenoxy) is 2. The van der Waals surface area contributed by atoms with Gasteiger partial charge in [0.2, 0.25) is 0 Å². The third-order valence-corrected chi connectivity index (χ3v) is 5.15. The molecule has 0 aromatic heterocycles. The minimum atomic E-state index is -0.473. The maximum Gasteiger partial charge on any atom is 0.407 e. The van der Waals surface area contributed by atoms with Gasteiger partial charge in [0.05, 0.1) is 6.10 Å². The van der Waals surface area contributed by atoms with Crippen LogP contribution in [0.2, 0.25) is 0 Å². The molecule has 1 amide bonds. The summed E-state index contributed by atoms with van der Waals surface area (Å²) in [6.45, 7) is 14.7. The van der Waals surface area contributed by atoms with Gasteiger partial charge in [-0.15, -0.1) is 0 Å². The molecule has 0 bridgehead atoms. The predicted octanol–water partition coefficient (Wildman–Crippen LogP) is 3.15. The van der Waals surface area contributed by atoms with Gasteiger partial charge in [-0.1, -0.05) is 13.3 Å². The van der Waals surface area contributed by atoms with E-state index in [0.29, 0.717) is 19.1 Å². The van der Waals surface area contributed by atoms with Crippen molar-refractivity contribution in [2.75, 3.05) is 45.9 Å². The summed E-state index contributed by atoms with van der Waals surface area (Å²) in [6, 6.07) is 0. The van der Waals surface area contributed by atoms with Gasteiger partial charge in [0, 0.05) is 45.9 Å². The summed E-state index contributed by atoms with van der Waals surface area (Å²) in [7, 11) is 0. The van der Waals surface area contributed by atoms with Crippen LogP contribution in [0, 0.1) is 5.92 Å². The molecule has 0 spiro atoms. The van der Waals surface area contributed by atoms with Crippen molar-refractivity contribution in [1.82, 2.24) is 15.5 Å². The maximum atomic E-state index is 11.6. The molecule has 1 rings (SSSR count). The maximum absolute atomic E-state index is 11.6. The number of rotatable bonds is 12. The molecule has 0 aliphatic carbocycles. The van der Waals surface area contributed by atoms with Gasteiger partial charge in [0.15, 0.2) is 5.96 Å². The largest absolute Gasteiger partial charge is 0.444 e. The Morgan fingerprint density at radius 2 is 1.90 bits per heavy atom. The van der Waals surface area contributed by atoms with Gasteiger partial charge in [0.1, 0.15) is 5.60 Å². The Morgan fingerprint density at radius 1 is 1.19 bits per heavy atom. The lowest BCUT2D eigenvalue weighted by atomic mass is 10.0. The Bertz CT molecular complexity index is 508. The molecule has 0 radical (unpaired) electrons. The molecule has 1 heterocycles. The van der Waals surface area contributed by atoms with Crippen LogP contribution in [-0.4, -0.2) is 79.7 Å². The predicted molar refractivity (Wildman–Crippen MR) is 125 cm³/mol. The molecule has 1 fully saturated rings. The summed E-state index contributed by atoms with van der Waals surface area (Å²) in [5, 5.41) is 15.4. The van der Waals surface area contributed by atoms with Crippen molar-refractivity contribution in [3.05, 3.63) is 0 Å². The molecule has 1 atom stereocenters. The Kier molecular flexibility index (Phi) is 13.6. The number of carbonyl (C=O) groups is 1. The van der Waals surface area contributed by atoms with Crippen LogP contribution < -0.4 is 10.6 Å². The number of alkyl carbamates (subject to hydrolysis) is 1. The van der Waals surface area contributed by atoms with E-state index in [1.54, 1.807) is 0 Å². The molecule has 31 heavy (non-hydrogen) atoms. The third kappa shape index (κ3) is 12.8. The number of nitrogens with one attached hydrogen (secondary N) is 2. The number of nitrogens with zero attached hydrogens (tertiary/aromatic N) is 2. The molecule has 1 unspecified atom stereocenters. The minimum absolute atomic E-state index is 0.229. The zero-order chi connectivity index (χ0) is 23.1. The van der Waals surface area contributed by atoms with Crippen molar-refractivity contribution in [3.8, 4) is 0 Å². The van der Waals surface area contributed by atoms with Crippen LogP contribution in [0.5, 0.6) is 0 Å². The number of likely N-dealkylation sites (tertiary alicyclic amines) is 1. The number of aliphatic hydroxyl groups excluding tert-OH is 1. The van der Waals surface area contributed by atoms with Crippen LogP contribution >= 0.6 is 0 Å². The number of guanidine groups is 1. The molecule has 1 saturated heterocycles. The first-order valence-electron chi connectivity index (χ1n) is 12.0. The van der Waals surface area contributed by atoms with E-state index >= 15 is 0 Å². The Hall–Kier alpha value is -1.54. The van der Waals surface area contributed by atoms with Gasteiger partial charge in [0.25, 0.3) is 0 Å². The van der Waals surface area contributed by atoms with Crippen molar-refractivity contribution in [3.63, 3.8) is 0 Å². The average Bonchev–Trinajstić information content (AvgIpc) is 2.70. The molecule has 1 aliphatic rings. The summed E-state index contributed by atoms with van der Waals surface area (Å²) in [5.74, 6) is 1.42. The van der Waals surface area contributed by atoms with Crippen molar-refractivity contribution in [2.45, 2.75) is 84.8 Å². The summed E-state index contributed by atoms with van der Waals surface area (Å²) in [5.41, 5.74) is -0.473. The van der Waals surface area contributed by atoms with Crippen LogP contribution in [0.3, 0.4) is 0 Å². The van der Waals surface area contributed by atoms with Gasteiger partial charge >= 0.3 is 6.09 Å². The van der Waals surface area contributed by atoms with Crippen molar-refractivity contribution in [1.29, 1.82) is 0 Å². The summed E-state index contributed by atoms with van der Waals surface area (Å²) in [6.07, 6.45) is 5.62. The first kappa shape index (κ1) is 27.5. The quantitative estimate of drug-likeness (QED) is 0.244. The molecule has 1 aliphatic heterocycles. The monoisotopic (exact) mass is 442 g/mol. The lowest BCUT2D eigenvalue weighted by Crippen LogP contribution is -2.47. The normalized spacial score (nSPS) is 16.8. The second kappa shape index (κ2) is 15.3. The molecule has 0 saturated carbocycles. The van der Waals surface area contributed by atoms with E-state index in [-0.39, 0.29) is 18.8 Å². The van der Waals surface area contributed by atoms with E-state index in [4.69, 9.17) is 14.5 Å². The Labute approximate surface area is 189 Å². The summed E-state index contributed by atoms with van der Waals surface area (Å²) in [4.78, 5) is 18.8. The first-order valence-corrected chi connectivity index (χ1v) is 12.0. The zero-order valence-corrected chi connectivity index (χ0v) is 20.4. The number of amides is 1. The van der Waals surface area contributed by atoms with Crippen molar-refractivity contribution in [2.24, 2.45) is 10.9 Å². The summed E-state index contributed by atoms with van der Waals surface area (Å²) >= 11 is 0. The second-order valence-corrected chi connectivity index (χ2v) is 9.20. The number of piperidine rings is 1. The highest BCUT2D eigenvalue weighted by Crippen LogP contribution is 2.16. The van der Waals surface area contributed by atoms with E-state index in [9.17, 15) is 9.90 Å². The second-order valence-electron chi connectivity index (χ2n) is 9.20. The summed E-state index contributed by atoms with van der Waals surface area (Å²) < 4.78 is 11.2. The smallest absolute Gasteiger partial charge is 0.407 e. The fraction of sp³-hybridized carbons (Fsp3) is 0.913. The SMILES string of the molecule is CCCC(CCO)CN=C(NCC)N1CCC(OCCCNC(=O)OC(C)(C)C)CC1. The van der Waals surface area contributed by atoms with Gasteiger partial charge in [-0.25, -0.2) is 4.79 Å². The third-order valence-electron chi connectivity index (χ3n) is 5.15. The van der Waals surface area contributed by atoms with Crippen LogP contribution in [0.4, 0.5) is 4.79 Å². The molecule has 8 heteroatoms. The van der Waals surface area contributed by atoms with Gasteiger partial charge < -0.3 is 30.1 Å². The molecule has 3 N–H and O–H groups in total. The molecule has 8 nitrogen and oxygen atoms in total.